The molecule has 4 aromatic rings. The minimum atomic E-state index is 0.272. The summed E-state index contributed by atoms with van der Waals surface area (Å²) in [7, 11) is 3.17. The van der Waals surface area contributed by atoms with E-state index in [9.17, 15) is 0 Å². The Balaban J connectivity index is 1.60. The molecule has 0 aliphatic heterocycles. The molecule has 0 unspecified atom stereocenters. The van der Waals surface area contributed by atoms with Crippen molar-refractivity contribution in [3.05, 3.63) is 53.6 Å². The second-order valence-corrected chi connectivity index (χ2v) is 6.31. The Morgan fingerprint density at radius 2 is 1.70 bits per heavy atom. The largest absolute Gasteiger partial charge is 0.493 e. The van der Waals surface area contributed by atoms with Crippen LogP contribution in [-0.4, -0.2) is 40.7 Å². The fraction of sp³-hybridized carbons (Fsp3) is 0.150. The van der Waals surface area contributed by atoms with E-state index in [4.69, 9.17) is 14.1 Å². The van der Waals surface area contributed by atoms with Gasteiger partial charge in [0.05, 0.1) is 20.4 Å². The molecule has 152 valence electrons. The molecule has 10 heteroatoms. The van der Waals surface area contributed by atoms with Gasteiger partial charge >= 0.3 is 0 Å². The van der Waals surface area contributed by atoms with Gasteiger partial charge in [-0.25, -0.2) is 9.61 Å². The molecule has 0 amide bonds. The Kier molecular flexibility index (Phi) is 5.37. The van der Waals surface area contributed by atoms with Gasteiger partial charge in [-0.2, -0.15) is 10.1 Å². The van der Waals surface area contributed by atoms with Crippen LogP contribution >= 0.6 is 0 Å². The predicted molar refractivity (Wildman–Crippen MR) is 113 cm³/mol. The normalized spacial score (nSPS) is 11.0. The summed E-state index contributed by atoms with van der Waals surface area (Å²) >= 11 is 0. The minimum absolute atomic E-state index is 0.272. The number of rotatable bonds is 7. The van der Waals surface area contributed by atoms with Gasteiger partial charge in [0.1, 0.15) is 0 Å². The van der Waals surface area contributed by atoms with Crippen molar-refractivity contribution in [1.82, 2.24) is 20.3 Å². The zero-order chi connectivity index (χ0) is 20.9. The van der Waals surface area contributed by atoms with Gasteiger partial charge in [0.25, 0.3) is 0 Å². The number of hydrogen-bond acceptors (Lipinski definition) is 10. The SMILES string of the molecule is COc1ccc(/C=N/Nc2nc3nonc3nc2Nc2cccc(C)c2)cc1OC. The second kappa shape index (κ2) is 8.43. The monoisotopic (exact) mass is 405 g/mol. The maximum absolute atomic E-state index is 5.31. The predicted octanol–water partition coefficient (Wildman–Crippen LogP) is 3.53. The highest BCUT2D eigenvalue weighted by Gasteiger charge is 2.13. The third-order valence-electron chi connectivity index (χ3n) is 4.19. The lowest BCUT2D eigenvalue weighted by atomic mass is 10.2. The van der Waals surface area contributed by atoms with Crippen molar-refractivity contribution >= 4 is 34.8 Å². The van der Waals surface area contributed by atoms with Crippen LogP contribution in [0.3, 0.4) is 0 Å². The highest BCUT2D eigenvalue weighted by atomic mass is 16.6. The van der Waals surface area contributed by atoms with Crippen molar-refractivity contribution in [2.24, 2.45) is 5.10 Å². The highest BCUT2D eigenvalue weighted by molar-refractivity contribution is 5.82. The summed E-state index contributed by atoms with van der Waals surface area (Å²) in [5.41, 5.74) is 6.23. The maximum Gasteiger partial charge on any atom is 0.245 e. The Labute approximate surface area is 171 Å². The number of hydrazone groups is 1. The van der Waals surface area contributed by atoms with Crippen molar-refractivity contribution in [3.8, 4) is 11.5 Å². The van der Waals surface area contributed by atoms with E-state index in [-0.39, 0.29) is 5.65 Å². The van der Waals surface area contributed by atoms with E-state index >= 15 is 0 Å². The van der Waals surface area contributed by atoms with E-state index in [1.807, 2.05) is 43.3 Å². The van der Waals surface area contributed by atoms with Crippen LogP contribution in [-0.2, 0) is 0 Å². The van der Waals surface area contributed by atoms with E-state index in [1.54, 1.807) is 26.5 Å². The topological polar surface area (TPSA) is 120 Å². The number of aryl methyl sites for hydroxylation is 1. The van der Waals surface area contributed by atoms with E-state index in [0.717, 1.165) is 16.8 Å². The third-order valence-corrected chi connectivity index (χ3v) is 4.19. The molecule has 2 heterocycles. The van der Waals surface area contributed by atoms with E-state index < -0.39 is 0 Å². The third kappa shape index (κ3) is 4.12. The van der Waals surface area contributed by atoms with Crippen LogP contribution < -0.4 is 20.2 Å². The van der Waals surface area contributed by atoms with Crippen molar-refractivity contribution in [2.45, 2.75) is 6.92 Å². The zero-order valence-corrected chi connectivity index (χ0v) is 16.6. The maximum atomic E-state index is 5.31. The number of hydrogen-bond donors (Lipinski definition) is 2. The molecule has 0 saturated heterocycles. The molecule has 30 heavy (non-hydrogen) atoms. The first-order valence-electron chi connectivity index (χ1n) is 9.01. The summed E-state index contributed by atoms with van der Waals surface area (Å²) in [6.07, 6.45) is 1.63. The first kappa shape index (κ1) is 19.1. The van der Waals surface area contributed by atoms with Crippen molar-refractivity contribution in [2.75, 3.05) is 25.0 Å². The molecular weight excluding hydrogens is 386 g/mol. The van der Waals surface area contributed by atoms with Crippen LogP contribution in [0.4, 0.5) is 17.3 Å². The minimum Gasteiger partial charge on any atom is -0.493 e. The van der Waals surface area contributed by atoms with E-state index in [0.29, 0.717) is 28.8 Å². The van der Waals surface area contributed by atoms with Crippen LogP contribution in [0.5, 0.6) is 11.5 Å². The number of benzene rings is 2. The van der Waals surface area contributed by atoms with Crippen LogP contribution in [0.25, 0.3) is 11.3 Å². The first-order valence-corrected chi connectivity index (χ1v) is 9.01. The Morgan fingerprint density at radius 3 is 2.43 bits per heavy atom. The summed E-state index contributed by atoms with van der Waals surface area (Å²) < 4.78 is 15.3. The first-order chi connectivity index (χ1) is 14.7. The molecule has 0 fully saturated rings. The lowest BCUT2D eigenvalue weighted by Gasteiger charge is -2.10. The zero-order valence-electron chi connectivity index (χ0n) is 16.6. The molecule has 0 aliphatic carbocycles. The number of nitrogens with one attached hydrogen (secondary N) is 2. The summed E-state index contributed by atoms with van der Waals surface area (Å²) in [6.45, 7) is 2.01. The van der Waals surface area contributed by atoms with Gasteiger partial charge in [0, 0.05) is 5.69 Å². The molecular formula is C20H19N7O3. The van der Waals surface area contributed by atoms with Crippen LogP contribution in [0.2, 0.25) is 0 Å². The lowest BCUT2D eigenvalue weighted by Crippen LogP contribution is -2.03. The van der Waals surface area contributed by atoms with Gasteiger partial charge in [-0.15, -0.1) is 0 Å². The Hall–Kier alpha value is -4.21. The van der Waals surface area contributed by atoms with Crippen molar-refractivity contribution in [1.29, 1.82) is 0 Å². The van der Waals surface area contributed by atoms with Gasteiger partial charge in [0.15, 0.2) is 23.1 Å². The van der Waals surface area contributed by atoms with Crippen LogP contribution in [0, 0.1) is 6.92 Å². The summed E-state index contributed by atoms with van der Waals surface area (Å²) in [4.78, 5) is 8.81. The Bertz CT molecular complexity index is 1210. The highest BCUT2D eigenvalue weighted by Crippen LogP contribution is 2.27. The average molecular weight is 405 g/mol. The second-order valence-electron chi connectivity index (χ2n) is 6.31. The molecule has 0 bridgehead atoms. The summed E-state index contributed by atoms with van der Waals surface area (Å²) in [5, 5.41) is 15.0. The van der Waals surface area contributed by atoms with E-state index in [1.165, 1.54) is 0 Å². The number of anilines is 3. The molecule has 2 aromatic heterocycles. The van der Waals surface area contributed by atoms with Gasteiger partial charge < -0.3 is 14.8 Å². The number of ether oxygens (including phenoxy) is 2. The molecule has 0 radical (unpaired) electrons. The molecule has 10 nitrogen and oxygen atoms in total. The molecule has 0 spiro atoms. The molecule has 2 aromatic carbocycles. The summed E-state index contributed by atoms with van der Waals surface area (Å²) in [5.74, 6) is 2.06. The number of aromatic nitrogens is 4. The smallest absolute Gasteiger partial charge is 0.245 e. The number of fused-ring (bicyclic) bond motifs is 1. The molecule has 4 rings (SSSR count). The van der Waals surface area contributed by atoms with Crippen LogP contribution in [0.1, 0.15) is 11.1 Å². The van der Waals surface area contributed by atoms with Crippen molar-refractivity contribution < 1.29 is 14.1 Å². The number of methoxy groups -OCH3 is 2. The van der Waals surface area contributed by atoms with Gasteiger partial charge in [-0.1, -0.05) is 12.1 Å². The molecule has 0 saturated carbocycles. The standard InChI is InChI=1S/C20H19N7O3/c1-12-5-4-6-14(9-12)22-17-18(24-20-19(23-17)26-30-27-20)25-21-11-13-7-8-15(28-2)16(10-13)29-3/h4-11H,1-3H3,(H,22,23,26)(H,24,25,27)/b21-11+. The van der Waals surface area contributed by atoms with E-state index in [2.05, 4.69) is 36.1 Å². The molecule has 0 aliphatic rings. The van der Waals surface area contributed by atoms with Crippen molar-refractivity contribution in [3.63, 3.8) is 0 Å². The Morgan fingerprint density at radius 1 is 0.933 bits per heavy atom. The molecule has 2 N–H and O–H groups in total. The fourth-order valence-corrected chi connectivity index (χ4v) is 2.76. The quantitative estimate of drug-likeness (QED) is 0.351. The van der Waals surface area contributed by atoms with Gasteiger partial charge in [-0.05, 0) is 58.7 Å². The van der Waals surface area contributed by atoms with Crippen LogP contribution in [0.15, 0.2) is 52.2 Å². The van der Waals surface area contributed by atoms with Gasteiger partial charge in [0.2, 0.25) is 11.3 Å². The fourth-order valence-electron chi connectivity index (χ4n) is 2.76. The van der Waals surface area contributed by atoms with Gasteiger partial charge in [-0.3, -0.25) is 5.43 Å². The average Bonchev–Trinajstić information content (AvgIpc) is 3.21. The lowest BCUT2D eigenvalue weighted by molar-refractivity contribution is 0.314. The molecule has 0 atom stereocenters. The summed E-state index contributed by atoms with van der Waals surface area (Å²) in [6, 6.07) is 13.3. The number of nitrogens with zero attached hydrogens (tertiary/aromatic N) is 5.